The van der Waals surface area contributed by atoms with Crippen LogP contribution >= 0.6 is 11.6 Å². The Morgan fingerprint density at radius 3 is 2.48 bits per heavy atom. The molecule has 2 aromatic carbocycles. The fourth-order valence-corrected chi connectivity index (χ4v) is 2.49. The average Bonchev–Trinajstić information content (AvgIpc) is 2.58. The van der Waals surface area contributed by atoms with Gasteiger partial charge in [0.25, 0.3) is 0 Å². The molecule has 0 aromatic heterocycles. The first-order valence-corrected chi connectivity index (χ1v) is 8.03. The number of rotatable bonds is 7. The van der Waals surface area contributed by atoms with E-state index in [4.69, 9.17) is 21.4 Å². The number of ether oxygens (including phenoxy) is 1. The summed E-state index contributed by atoms with van der Waals surface area (Å²) in [7, 11) is 0. The number of carbonyl (C=O) groups is 2. The Kier molecular flexibility index (Phi) is 6.32. The molecule has 2 rings (SSSR count). The van der Waals surface area contributed by atoms with Gasteiger partial charge in [0.2, 0.25) is 0 Å². The van der Waals surface area contributed by atoms with Crippen LogP contribution < -0.4 is 9.64 Å². The number of halogens is 4. The van der Waals surface area contributed by atoms with Gasteiger partial charge >= 0.3 is 12.1 Å². The molecular formula is C18H15ClF3NO4. The second-order valence-corrected chi connectivity index (χ2v) is 6.10. The molecule has 27 heavy (non-hydrogen) atoms. The van der Waals surface area contributed by atoms with Crippen molar-refractivity contribution >= 4 is 29.0 Å². The monoisotopic (exact) mass is 401 g/mol. The first-order chi connectivity index (χ1) is 12.6. The third-order valence-electron chi connectivity index (χ3n) is 3.49. The Morgan fingerprint density at radius 1 is 1.19 bits per heavy atom. The zero-order valence-corrected chi connectivity index (χ0v) is 14.8. The number of benzene rings is 2. The van der Waals surface area contributed by atoms with Crippen LogP contribution in [0.4, 0.5) is 18.9 Å². The van der Waals surface area contributed by atoms with Gasteiger partial charge in [0.05, 0.1) is 17.7 Å². The normalized spacial score (nSPS) is 11.1. The smallest absolute Gasteiger partial charge is 0.420 e. The van der Waals surface area contributed by atoms with Crippen molar-refractivity contribution in [3.8, 4) is 5.75 Å². The molecule has 0 spiro atoms. The molecule has 9 heteroatoms. The maximum absolute atomic E-state index is 13.2. The van der Waals surface area contributed by atoms with E-state index in [0.717, 1.165) is 12.1 Å². The number of carboxylic acids is 1. The van der Waals surface area contributed by atoms with E-state index in [-0.39, 0.29) is 22.9 Å². The van der Waals surface area contributed by atoms with Gasteiger partial charge in [0.1, 0.15) is 11.5 Å². The van der Waals surface area contributed by atoms with Crippen molar-refractivity contribution in [2.45, 2.75) is 13.1 Å². The van der Waals surface area contributed by atoms with Crippen molar-refractivity contribution in [2.75, 3.05) is 18.2 Å². The van der Waals surface area contributed by atoms with Gasteiger partial charge in [-0.1, -0.05) is 17.7 Å². The molecule has 0 atom stereocenters. The van der Waals surface area contributed by atoms with Gasteiger partial charge in [-0.05, 0) is 43.3 Å². The number of aromatic carboxylic acids is 1. The van der Waals surface area contributed by atoms with E-state index in [9.17, 15) is 22.8 Å². The summed E-state index contributed by atoms with van der Waals surface area (Å²) < 4.78 is 44.8. The molecule has 2 aromatic rings. The summed E-state index contributed by atoms with van der Waals surface area (Å²) in [5.74, 6) is -1.89. The fraction of sp³-hybridized carbons (Fsp3) is 0.222. The van der Waals surface area contributed by atoms with Crippen LogP contribution in [0.25, 0.3) is 0 Å². The van der Waals surface area contributed by atoms with Crippen molar-refractivity contribution in [3.63, 3.8) is 0 Å². The third-order valence-corrected chi connectivity index (χ3v) is 3.73. The van der Waals surface area contributed by atoms with Crippen LogP contribution in [0.3, 0.4) is 0 Å². The SMILES string of the molecule is CC(=O)CN(COc1ccc(Cl)cc1C(F)(F)F)c1cccc(C(=O)O)c1. The number of hydrogen-bond acceptors (Lipinski definition) is 4. The number of alkyl halides is 3. The van der Waals surface area contributed by atoms with E-state index in [1.54, 1.807) is 0 Å². The molecule has 144 valence electrons. The topological polar surface area (TPSA) is 66.8 Å². The molecule has 1 N–H and O–H groups in total. The summed E-state index contributed by atoms with van der Waals surface area (Å²) in [5, 5.41) is 8.99. The molecule has 0 heterocycles. The van der Waals surface area contributed by atoms with E-state index in [1.807, 2.05) is 0 Å². The number of carboxylic acid groups (broad SMARTS) is 1. The van der Waals surface area contributed by atoms with Gasteiger partial charge in [0, 0.05) is 10.7 Å². The molecule has 0 bridgehead atoms. The minimum atomic E-state index is -4.67. The average molecular weight is 402 g/mol. The maximum atomic E-state index is 13.2. The lowest BCUT2D eigenvalue weighted by Gasteiger charge is -2.25. The van der Waals surface area contributed by atoms with E-state index in [1.165, 1.54) is 42.2 Å². The number of Topliss-reactive ketones (excluding diaryl/α,β-unsaturated/α-hetero) is 1. The molecule has 0 fully saturated rings. The largest absolute Gasteiger partial charge is 0.478 e. The quantitative estimate of drug-likeness (QED) is 0.692. The van der Waals surface area contributed by atoms with Gasteiger partial charge in [0.15, 0.2) is 6.73 Å². The van der Waals surface area contributed by atoms with E-state index < -0.39 is 30.2 Å². The molecule has 0 radical (unpaired) electrons. The molecule has 0 unspecified atom stereocenters. The number of ketones is 1. The number of hydrogen-bond donors (Lipinski definition) is 1. The summed E-state index contributed by atoms with van der Waals surface area (Å²) in [4.78, 5) is 24.0. The predicted octanol–water partition coefficient (Wildman–Crippen LogP) is 4.49. The lowest BCUT2D eigenvalue weighted by atomic mass is 10.2. The lowest BCUT2D eigenvalue weighted by Crippen LogP contribution is -2.33. The van der Waals surface area contributed by atoms with Crippen LogP contribution in [0.15, 0.2) is 42.5 Å². The minimum absolute atomic E-state index is 0.0245. The van der Waals surface area contributed by atoms with Crippen molar-refractivity contribution in [3.05, 3.63) is 58.6 Å². The molecule has 0 amide bonds. The van der Waals surface area contributed by atoms with Crippen molar-refractivity contribution in [1.29, 1.82) is 0 Å². The fourth-order valence-electron chi connectivity index (χ4n) is 2.31. The van der Waals surface area contributed by atoms with Crippen LogP contribution in [0.5, 0.6) is 5.75 Å². The van der Waals surface area contributed by atoms with Crippen LogP contribution in [0.2, 0.25) is 5.02 Å². The second-order valence-electron chi connectivity index (χ2n) is 5.67. The molecule has 0 aliphatic rings. The summed E-state index contributed by atoms with van der Waals surface area (Å²) in [6.45, 7) is 0.739. The summed E-state index contributed by atoms with van der Waals surface area (Å²) >= 11 is 5.63. The Morgan fingerprint density at radius 2 is 1.89 bits per heavy atom. The van der Waals surface area contributed by atoms with Gasteiger partial charge in [-0.3, -0.25) is 4.79 Å². The number of carbonyl (C=O) groups excluding carboxylic acids is 1. The molecular weight excluding hydrogens is 387 g/mol. The first-order valence-electron chi connectivity index (χ1n) is 7.65. The lowest BCUT2D eigenvalue weighted by molar-refractivity contribution is -0.139. The molecule has 5 nitrogen and oxygen atoms in total. The molecule has 0 aliphatic heterocycles. The van der Waals surface area contributed by atoms with Gasteiger partial charge in [-0.2, -0.15) is 13.2 Å². The van der Waals surface area contributed by atoms with Gasteiger partial charge in [-0.15, -0.1) is 0 Å². The third kappa shape index (κ3) is 5.62. The summed E-state index contributed by atoms with van der Waals surface area (Å²) in [5.41, 5.74) is -0.742. The van der Waals surface area contributed by atoms with E-state index in [2.05, 4.69) is 0 Å². The Bertz CT molecular complexity index is 855. The highest BCUT2D eigenvalue weighted by atomic mass is 35.5. The van der Waals surface area contributed by atoms with Crippen LogP contribution in [0, 0.1) is 0 Å². The zero-order valence-electron chi connectivity index (χ0n) is 14.1. The van der Waals surface area contributed by atoms with Crippen LogP contribution in [-0.2, 0) is 11.0 Å². The van der Waals surface area contributed by atoms with Crippen molar-refractivity contribution < 1.29 is 32.6 Å². The van der Waals surface area contributed by atoms with E-state index >= 15 is 0 Å². The number of anilines is 1. The Labute approximate surface area is 157 Å². The standard InChI is InChI=1S/C18H15ClF3NO4/c1-11(24)9-23(14-4-2-3-12(7-14)17(25)26)10-27-16-6-5-13(19)8-15(16)18(20,21)22/h2-8H,9-10H2,1H3,(H,25,26). The molecule has 0 saturated carbocycles. The highest BCUT2D eigenvalue weighted by Crippen LogP contribution is 2.38. The van der Waals surface area contributed by atoms with Crippen molar-refractivity contribution in [2.24, 2.45) is 0 Å². The Balaban J connectivity index is 2.30. The van der Waals surface area contributed by atoms with Crippen LogP contribution in [0.1, 0.15) is 22.8 Å². The minimum Gasteiger partial charge on any atom is -0.478 e. The number of nitrogens with zero attached hydrogens (tertiary/aromatic N) is 1. The molecule has 0 aliphatic carbocycles. The zero-order chi connectivity index (χ0) is 20.2. The van der Waals surface area contributed by atoms with Crippen LogP contribution in [-0.4, -0.2) is 30.1 Å². The van der Waals surface area contributed by atoms with Gasteiger partial charge < -0.3 is 14.7 Å². The maximum Gasteiger partial charge on any atom is 0.420 e. The molecule has 0 saturated heterocycles. The predicted molar refractivity (Wildman–Crippen MR) is 93.4 cm³/mol. The summed E-state index contributed by atoms with van der Waals surface area (Å²) in [6, 6.07) is 8.76. The summed E-state index contributed by atoms with van der Waals surface area (Å²) in [6.07, 6.45) is -4.67. The van der Waals surface area contributed by atoms with E-state index in [0.29, 0.717) is 5.69 Å². The first kappa shape index (κ1) is 20.6. The highest BCUT2D eigenvalue weighted by molar-refractivity contribution is 6.30. The Hall–Kier alpha value is -2.74. The highest BCUT2D eigenvalue weighted by Gasteiger charge is 2.34. The van der Waals surface area contributed by atoms with Gasteiger partial charge in [-0.25, -0.2) is 4.79 Å². The van der Waals surface area contributed by atoms with Crippen molar-refractivity contribution in [1.82, 2.24) is 0 Å². The second kappa shape index (κ2) is 8.30.